The summed E-state index contributed by atoms with van der Waals surface area (Å²) in [5.41, 5.74) is -0.585. The van der Waals surface area contributed by atoms with Crippen LogP contribution in [-0.2, 0) is 11.0 Å². The lowest BCUT2D eigenvalue weighted by atomic mass is 10.1. The van der Waals surface area contributed by atoms with E-state index in [4.69, 9.17) is 4.74 Å². The number of hydrogen-bond acceptors (Lipinski definition) is 3. The van der Waals surface area contributed by atoms with E-state index in [1.165, 1.54) is 34.9 Å². The highest BCUT2D eigenvalue weighted by Crippen LogP contribution is 2.36. The van der Waals surface area contributed by atoms with Crippen molar-refractivity contribution in [1.29, 1.82) is 0 Å². The number of ether oxygens (including phenoxy) is 1. The molecule has 0 unspecified atom stereocenters. The molecule has 0 bridgehead atoms. The molecule has 1 aliphatic rings. The van der Waals surface area contributed by atoms with Crippen LogP contribution in [0.25, 0.3) is 0 Å². The average Bonchev–Trinajstić information content (AvgIpc) is 2.94. The van der Waals surface area contributed by atoms with Crippen molar-refractivity contribution in [3.63, 3.8) is 0 Å². The Morgan fingerprint density at radius 2 is 1.93 bits per heavy atom. The molecule has 1 saturated heterocycles. The number of carbonyl (C=O) groups excluding carboxylic acids is 1. The molecule has 9 heteroatoms. The molecule has 1 heterocycles. The van der Waals surface area contributed by atoms with Crippen LogP contribution in [0.3, 0.4) is 0 Å². The molecule has 29 heavy (non-hydrogen) atoms. The van der Waals surface area contributed by atoms with Gasteiger partial charge in [-0.2, -0.15) is 24.9 Å². The largest absolute Gasteiger partial charge is 0.484 e. The van der Waals surface area contributed by atoms with Crippen molar-refractivity contribution in [2.45, 2.75) is 17.8 Å². The quantitative estimate of drug-likeness (QED) is 0.633. The summed E-state index contributed by atoms with van der Waals surface area (Å²) in [5, 5.41) is -0.284. The highest BCUT2D eigenvalue weighted by Gasteiger charge is 2.31. The number of thioether (sulfide) groups is 1. The minimum absolute atomic E-state index is 0.0444. The zero-order chi connectivity index (χ0) is 21.0. The van der Waals surface area contributed by atoms with Gasteiger partial charge in [0.15, 0.2) is 6.61 Å². The summed E-state index contributed by atoms with van der Waals surface area (Å²) >= 11 is 1.43. The second-order valence-corrected chi connectivity index (χ2v) is 7.82. The Bertz CT molecular complexity index is 874. The minimum Gasteiger partial charge on any atom is -0.484 e. The van der Waals surface area contributed by atoms with Gasteiger partial charge in [-0.25, -0.2) is 8.78 Å². The lowest BCUT2D eigenvalue weighted by Gasteiger charge is -2.20. The second kappa shape index (κ2) is 9.02. The van der Waals surface area contributed by atoms with E-state index in [-0.39, 0.29) is 22.5 Å². The standard InChI is InChI=1S/C20H18F5NO2S/c21-14-4-5-17(22)16(11-14)18-6-7-26(8-9-29-18)19(27)12-28-15-3-1-2-13(10-15)20(23,24)25/h1-5,10-11,18H,6-9,12H2/t18-/m1/s1. The Hall–Kier alpha value is -2.29. The van der Waals surface area contributed by atoms with Gasteiger partial charge in [0.2, 0.25) is 0 Å². The smallest absolute Gasteiger partial charge is 0.416 e. The van der Waals surface area contributed by atoms with Gasteiger partial charge in [-0.1, -0.05) is 6.07 Å². The Morgan fingerprint density at radius 3 is 2.69 bits per heavy atom. The van der Waals surface area contributed by atoms with Crippen LogP contribution in [0.2, 0.25) is 0 Å². The minimum atomic E-state index is -4.49. The Kier molecular flexibility index (Phi) is 6.66. The van der Waals surface area contributed by atoms with Crippen molar-refractivity contribution in [2.75, 3.05) is 25.4 Å². The van der Waals surface area contributed by atoms with Crippen LogP contribution in [0.5, 0.6) is 5.75 Å². The number of halogens is 5. The zero-order valence-corrected chi connectivity index (χ0v) is 16.0. The molecule has 3 rings (SSSR count). The molecule has 2 aromatic carbocycles. The molecule has 0 aliphatic carbocycles. The third kappa shape index (κ3) is 5.62. The summed E-state index contributed by atoms with van der Waals surface area (Å²) in [5.74, 6) is -0.902. The monoisotopic (exact) mass is 431 g/mol. The van der Waals surface area contributed by atoms with E-state index in [0.717, 1.165) is 24.3 Å². The van der Waals surface area contributed by atoms with Gasteiger partial charge in [0, 0.05) is 29.7 Å². The van der Waals surface area contributed by atoms with Crippen LogP contribution in [0.1, 0.15) is 22.8 Å². The molecule has 1 fully saturated rings. The molecule has 3 nitrogen and oxygen atoms in total. The number of nitrogens with zero attached hydrogens (tertiary/aromatic N) is 1. The van der Waals surface area contributed by atoms with E-state index < -0.39 is 30.0 Å². The molecule has 1 atom stereocenters. The molecule has 0 spiro atoms. The summed E-state index contributed by atoms with van der Waals surface area (Å²) in [6.45, 7) is 0.312. The van der Waals surface area contributed by atoms with Crippen LogP contribution in [0.4, 0.5) is 22.0 Å². The first-order chi connectivity index (χ1) is 13.7. The van der Waals surface area contributed by atoms with Crippen molar-refractivity contribution in [2.24, 2.45) is 0 Å². The number of benzene rings is 2. The highest BCUT2D eigenvalue weighted by atomic mass is 32.2. The first-order valence-corrected chi connectivity index (χ1v) is 9.93. The third-order valence-electron chi connectivity index (χ3n) is 4.52. The van der Waals surface area contributed by atoms with Gasteiger partial charge in [-0.05, 0) is 42.8 Å². The third-order valence-corrected chi connectivity index (χ3v) is 5.83. The number of amides is 1. The van der Waals surface area contributed by atoms with E-state index in [1.54, 1.807) is 0 Å². The SMILES string of the molecule is O=C(COc1cccc(C(F)(F)F)c1)N1CCS[C@@H](c2cc(F)ccc2F)CC1. The predicted molar refractivity (Wildman–Crippen MR) is 99.7 cm³/mol. The van der Waals surface area contributed by atoms with E-state index in [2.05, 4.69) is 0 Å². The number of alkyl halides is 3. The normalized spacial score (nSPS) is 17.7. The fourth-order valence-electron chi connectivity index (χ4n) is 3.03. The summed E-state index contributed by atoms with van der Waals surface area (Å²) in [6, 6.07) is 7.64. The highest BCUT2D eigenvalue weighted by molar-refractivity contribution is 7.99. The fraction of sp³-hybridized carbons (Fsp3) is 0.350. The van der Waals surface area contributed by atoms with E-state index in [0.29, 0.717) is 25.3 Å². The van der Waals surface area contributed by atoms with Gasteiger partial charge >= 0.3 is 6.18 Å². The van der Waals surface area contributed by atoms with E-state index >= 15 is 0 Å². The topological polar surface area (TPSA) is 29.5 Å². The number of hydrogen-bond donors (Lipinski definition) is 0. The summed E-state index contributed by atoms with van der Waals surface area (Å²) in [7, 11) is 0. The Balaban J connectivity index is 1.58. The maximum atomic E-state index is 14.0. The summed E-state index contributed by atoms with van der Waals surface area (Å²) in [4.78, 5) is 13.9. The van der Waals surface area contributed by atoms with Crippen molar-refractivity contribution < 1.29 is 31.5 Å². The molecule has 1 aliphatic heterocycles. The van der Waals surface area contributed by atoms with Gasteiger partial charge < -0.3 is 9.64 Å². The first kappa shape index (κ1) is 21.4. The molecule has 0 radical (unpaired) electrons. The lowest BCUT2D eigenvalue weighted by Crippen LogP contribution is -2.36. The molecular formula is C20H18F5NO2S. The number of rotatable bonds is 4. The van der Waals surface area contributed by atoms with Crippen LogP contribution >= 0.6 is 11.8 Å². The van der Waals surface area contributed by atoms with Gasteiger partial charge in [0.05, 0.1) is 5.56 Å². The predicted octanol–water partition coefficient (Wildman–Crippen LogP) is 5.07. The van der Waals surface area contributed by atoms with Crippen molar-refractivity contribution >= 4 is 17.7 Å². The molecule has 0 aromatic heterocycles. The number of carbonyl (C=O) groups is 1. The zero-order valence-electron chi connectivity index (χ0n) is 15.2. The van der Waals surface area contributed by atoms with Crippen molar-refractivity contribution in [3.05, 3.63) is 65.2 Å². The van der Waals surface area contributed by atoms with Gasteiger partial charge in [-0.3, -0.25) is 4.79 Å². The second-order valence-electron chi connectivity index (χ2n) is 6.51. The van der Waals surface area contributed by atoms with Gasteiger partial charge in [-0.15, -0.1) is 0 Å². The Morgan fingerprint density at radius 1 is 1.14 bits per heavy atom. The van der Waals surface area contributed by atoms with Gasteiger partial charge in [0.1, 0.15) is 17.4 Å². The van der Waals surface area contributed by atoms with Crippen molar-refractivity contribution in [1.82, 2.24) is 4.90 Å². The lowest BCUT2D eigenvalue weighted by molar-refractivity contribution is -0.137. The molecule has 156 valence electrons. The van der Waals surface area contributed by atoms with E-state index in [9.17, 15) is 26.7 Å². The summed E-state index contributed by atoms with van der Waals surface area (Å²) in [6.07, 6.45) is -4.06. The molecule has 1 amide bonds. The van der Waals surface area contributed by atoms with Crippen LogP contribution < -0.4 is 4.74 Å². The van der Waals surface area contributed by atoms with Gasteiger partial charge in [0.25, 0.3) is 5.91 Å². The maximum absolute atomic E-state index is 14.0. The molecule has 0 saturated carbocycles. The van der Waals surface area contributed by atoms with Crippen LogP contribution in [-0.4, -0.2) is 36.3 Å². The molecule has 2 aromatic rings. The first-order valence-electron chi connectivity index (χ1n) is 8.88. The van der Waals surface area contributed by atoms with Crippen LogP contribution in [0, 0.1) is 11.6 Å². The van der Waals surface area contributed by atoms with Crippen molar-refractivity contribution in [3.8, 4) is 5.75 Å². The average molecular weight is 431 g/mol. The van der Waals surface area contributed by atoms with Crippen LogP contribution in [0.15, 0.2) is 42.5 Å². The fourth-order valence-corrected chi connectivity index (χ4v) is 4.27. The maximum Gasteiger partial charge on any atom is 0.416 e. The van der Waals surface area contributed by atoms with E-state index in [1.807, 2.05) is 0 Å². The molecular weight excluding hydrogens is 413 g/mol. The summed E-state index contributed by atoms with van der Waals surface area (Å²) < 4.78 is 70.9. The molecule has 0 N–H and O–H groups in total. The Labute approximate surface area is 168 Å².